The molecule has 0 saturated carbocycles. The first-order chi connectivity index (χ1) is 9.93. The molecule has 1 aromatic rings. The Balaban J connectivity index is 2.26. The lowest BCUT2D eigenvalue weighted by Gasteiger charge is -2.37. The van der Waals surface area contributed by atoms with Crippen LogP contribution in [0.3, 0.4) is 0 Å². The quantitative estimate of drug-likeness (QED) is 0.931. The molecular weight excluding hydrogens is 290 g/mol. The molecule has 1 aliphatic rings. The highest BCUT2D eigenvalue weighted by atomic mass is 35.5. The fraction of sp³-hybridized carbons (Fsp3) is 0.500. The normalized spacial score (nSPS) is 22.1. The minimum Gasteiger partial charge on any atom is -0.480 e. The van der Waals surface area contributed by atoms with Crippen LogP contribution in [-0.4, -0.2) is 34.5 Å². The fourth-order valence-electron chi connectivity index (χ4n) is 2.83. The van der Waals surface area contributed by atoms with Gasteiger partial charge in [0.15, 0.2) is 0 Å². The van der Waals surface area contributed by atoms with Crippen molar-refractivity contribution in [1.82, 2.24) is 4.90 Å². The van der Waals surface area contributed by atoms with Crippen molar-refractivity contribution in [2.75, 3.05) is 6.54 Å². The second kappa shape index (κ2) is 6.48. The summed E-state index contributed by atoms with van der Waals surface area (Å²) >= 11 is 6.13. The van der Waals surface area contributed by atoms with Crippen LogP contribution in [0.5, 0.6) is 0 Å². The van der Waals surface area contributed by atoms with Crippen molar-refractivity contribution in [1.29, 1.82) is 0 Å². The molecule has 1 heterocycles. The van der Waals surface area contributed by atoms with Crippen molar-refractivity contribution in [3.05, 3.63) is 34.3 Å². The van der Waals surface area contributed by atoms with Crippen LogP contribution >= 0.6 is 11.6 Å². The summed E-state index contributed by atoms with van der Waals surface area (Å²) in [5.41, 5.74) is 1.35. The predicted molar refractivity (Wildman–Crippen MR) is 81.7 cm³/mol. The van der Waals surface area contributed by atoms with Crippen molar-refractivity contribution in [3.63, 3.8) is 0 Å². The van der Waals surface area contributed by atoms with E-state index in [1.807, 2.05) is 13.0 Å². The molecule has 21 heavy (non-hydrogen) atoms. The van der Waals surface area contributed by atoms with Crippen molar-refractivity contribution in [2.45, 2.75) is 39.2 Å². The van der Waals surface area contributed by atoms with Crippen molar-refractivity contribution < 1.29 is 14.7 Å². The molecule has 0 radical (unpaired) electrons. The van der Waals surface area contributed by atoms with E-state index in [1.165, 1.54) is 4.90 Å². The van der Waals surface area contributed by atoms with E-state index in [4.69, 9.17) is 11.6 Å². The number of carbonyl (C=O) groups is 2. The number of hydrogen-bond donors (Lipinski definition) is 1. The van der Waals surface area contributed by atoms with Crippen LogP contribution in [0.1, 0.15) is 42.1 Å². The topological polar surface area (TPSA) is 57.6 Å². The van der Waals surface area contributed by atoms with Gasteiger partial charge in [-0.3, -0.25) is 4.79 Å². The van der Waals surface area contributed by atoms with Gasteiger partial charge in [0.05, 0.1) is 10.6 Å². The van der Waals surface area contributed by atoms with E-state index in [0.29, 0.717) is 29.5 Å². The largest absolute Gasteiger partial charge is 0.480 e. The lowest BCUT2D eigenvalue weighted by molar-refractivity contribution is -0.144. The minimum absolute atomic E-state index is 0.290. The number of halogens is 1. The van der Waals surface area contributed by atoms with Crippen LogP contribution in [0.25, 0.3) is 0 Å². The number of carboxylic acids is 1. The SMILES string of the molecule is CCC1CCN(C(=O)c2ccc(C)cc2Cl)C(C(=O)O)C1. The van der Waals surface area contributed by atoms with Crippen LogP contribution in [-0.2, 0) is 4.79 Å². The number of aliphatic carboxylic acids is 1. The van der Waals surface area contributed by atoms with Gasteiger partial charge < -0.3 is 10.0 Å². The van der Waals surface area contributed by atoms with Gasteiger partial charge in [0.25, 0.3) is 5.91 Å². The first-order valence-corrected chi connectivity index (χ1v) is 7.61. The zero-order valence-corrected chi connectivity index (χ0v) is 13.1. The van der Waals surface area contributed by atoms with Crippen LogP contribution in [0.4, 0.5) is 0 Å². The highest BCUT2D eigenvalue weighted by molar-refractivity contribution is 6.33. The number of aryl methyl sites for hydroxylation is 1. The summed E-state index contributed by atoms with van der Waals surface area (Å²) in [5, 5.41) is 9.78. The Hall–Kier alpha value is -1.55. The highest BCUT2D eigenvalue weighted by Crippen LogP contribution is 2.28. The average molecular weight is 310 g/mol. The van der Waals surface area contributed by atoms with Gasteiger partial charge in [-0.25, -0.2) is 4.79 Å². The van der Waals surface area contributed by atoms with E-state index in [0.717, 1.165) is 18.4 Å². The molecule has 2 unspecified atom stereocenters. The smallest absolute Gasteiger partial charge is 0.326 e. The van der Waals surface area contributed by atoms with Gasteiger partial charge in [-0.1, -0.05) is 31.0 Å². The van der Waals surface area contributed by atoms with Gasteiger partial charge in [-0.05, 0) is 43.4 Å². The van der Waals surface area contributed by atoms with E-state index < -0.39 is 12.0 Å². The number of piperidine rings is 1. The standard InChI is InChI=1S/C16H20ClNO3/c1-3-11-6-7-18(14(9-11)16(20)21)15(19)12-5-4-10(2)8-13(12)17/h4-5,8,11,14H,3,6-7,9H2,1-2H3,(H,20,21). The summed E-state index contributed by atoms with van der Waals surface area (Å²) in [7, 11) is 0. The third-order valence-corrected chi connectivity index (χ3v) is 4.50. The first-order valence-electron chi connectivity index (χ1n) is 7.24. The molecule has 0 aromatic heterocycles. The Morgan fingerprint density at radius 3 is 2.71 bits per heavy atom. The highest BCUT2D eigenvalue weighted by Gasteiger charge is 2.36. The molecule has 1 amide bonds. The maximum Gasteiger partial charge on any atom is 0.326 e. The second-order valence-electron chi connectivity index (χ2n) is 5.63. The number of amides is 1. The molecule has 0 spiro atoms. The Kier molecular flexibility index (Phi) is 4.88. The molecule has 5 heteroatoms. The van der Waals surface area contributed by atoms with Gasteiger partial charge >= 0.3 is 5.97 Å². The molecule has 0 bridgehead atoms. The van der Waals surface area contributed by atoms with Gasteiger partial charge in [0, 0.05) is 6.54 Å². The molecule has 1 fully saturated rings. The maximum absolute atomic E-state index is 12.6. The maximum atomic E-state index is 12.6. The molecule has 1 saturated heterocycles. The van der Waals surface area contributed by atoms with E-state index >= 15 is 0 Å². The van der Waals surface area contributed by atoms with Crippen molar-refractivity contribution in [2.24, 2.45) is 5.92 Å². The van der Waals surface area contributed by atoms with E-state index in [-0.39, 0.29) is 5.91 Å². The van der Waals surface area contributed by atoms with Crippen LogP contribution in [0, 0.1) is 12.8 Å². The zero-order valence-electron chi connectivity index (χ0n) is 12.3. The monoisotopic (exact) mass is 309 g/mol. The Morgan fingerprint density at radius 2 is 2.14 bits per heavy atom. The number of carboxylic acid groups (broad SMARTS) is 1. The van der Waals surface area contributed by atoms with Gasteiger partial charge in [0.2, 0.25) is 0 Å². The molecule has 1 aromatic carbocycles. The van der Waals surface area contributed by atoms with Gasteiger partial charge in [0.1, 0.15) is 6.04 Å². The summed E-state index contributed by atoms with van der Waals surface area (Å²) in [5.74, 6) is -0.865. The Bertz CT molecular complexity index is 558. The first kappa shape index (κ1) is 15.8. The van der Waals surface area contributed by atoms with Gasteiger partial charge in [-0.15, -0.1) is 0 Å². The molecular formula is C16H20ClNO3. The van der Waals surface area contributed by atoms with Crippen LogP contribution in [0.15, 0.2) is 18.2 Å². The van der Waals surface area contributed by atoms with E-state index in [9.17, 15) is 14.7 Å². The summed E-state index contributed by atoms with van der Waals surface area (Å²) in [6.07, 6.45) is 2.30. The lowest BCUT2D eigenvalue weighted by atomic mass is 9.88. The third kappa shape index (κ3) is 3.38. The Morgan fingerprint density at radius 1 is 1.43 bits per heavy atom. The molecule has 2 rings (SSSR count). The molecule has 114 valence electrons. The van der Waals surface area contributed by atoms with Crippen molar-refractivity contribution in [3.8, 4) is 0 Å². The number of hydrogen-bond acceptors (Lipinski definition) is 2. The molecule has 1 aliphatic heterocycles. The summed E-state index contributed by atoms with van der Waals surface area (Å²) < 4.78 is 0. The zero-order chi connectivity index (χ0) is 15.6. The number of benzene rings is 1. The minimum atomic E-state index is -0.940. The van der Waals surface area contributed by atoms with Crippen molar-refractivity contribution >= 4 is 23.5 Å². The third-order valence-electron chi connectivity index (χ3n) is 4.19. The number of carbonyl (C=O) groups excluding carboxylic acids is 1. The summed E-state index contributed by atoms with van der Waals surface area (Å²) in [6.45, 7) is 4.42. The molecule has 0 aliphatic carbocycles. The predicted octanol–water partition coefficient (Wildman–Crippen LogP) is 3.36. The Labute approximate surface area is 129 Å². The summed E-state index contributed by atoms with van der Waals surface area (Å²) in [4.78, 5) is 25.5. The lowest BCUT2D eigenvalue weighted by Crippen LogP contribution is -2.50. The average Bonchev–Trinajstić information content (AvgIpc) is 2.46. The summed E-state index contributed by atoms with van der Waals surface area (Å²) in [6, 6.07) is 4.45. The van der Waals surface area contributed by atoms with E-state index in [2.05, 4.69) is 6.92 Å². The van der Waals surface area contributed by atoms with Crippen LogP contribution in [0.2, 0.25) is 5.02 Å². The number of rotatable bonds is 3. The van der Waals surface area contributed by atoms with Crippen LogP contribution < -0.4 is 0 Å². The number of nitrogens with zero attached hydrogens (tertiary/aromatic N) is 1. The fourth-order valence-corrected chi connectivity index (χ4v) is 3.15. The molecule has 1 N–H and O–H groups in total. The second-order valence-corrected chi connectivity index (χ2v) is 6.04. The molecule has 2 atom stereocenters. The molecule has 4 nitrogen and oxygen atoms in total. The van der Waals surface area contributed by atoms with Gasteiger partial charge in [-0.2, -0.15) is 0 Å². The number of likely N-dealkylation sites (tertiary alicyclic amines) is 1. The van der Waals surface area contributed by atoms with E-state index in [1.54, 1.807) is 12.1 Å².